The molecular weight excluding hydrogens is 316 g/mol. The van der Waals surface area contributed by atoms with Gasteiger partial charge in [-0.2, -0.15) is 0 Å². The number of nitrogens with two attached hydrogens (primary N) is 2. The van der Waals surface area contributed by atoms with Crippen LogP contribution >= 0.6 is 12.4 Å². The lowest BCUT2D eigenvalue weighted by atomic mass is 9.93. The zero-order chi connectivity index (χ0) is 14.9. The Hall–Kier alpha value is -1.09. The highest BCUT2D eigenvalue weighted by Crippen LogP contribution is 2.20. The third kappa shape index (κ3) is 4.19. The van der Waals surface area contributed by atoms with Gasteiger partial charge in [0.1, 0.15) is 10.6 Å². The number of aryl methyl sites for hydroxylation is 1. The third-order valence-electron chi connectivity index (χ3n) is 3.64. The average molecular weight is 337 g/mol. The second-order valence-electron chi connectivity index (χ2n) is 5.27. The van der Waals surface area contributed by atoms with Gasteiger partial charge < -0.3 is 16.0 Å². The van der Waals surface area contributed by atoms with Gasteiger partial charge in [-0.25, -0.2) is 13.1 Å². The van der Waals surface area contributed by atoms with Gasteiger partial charge in [0.2, 0.25) is 10.0 Å². The van der Waals surface area contributed by atoms with E-state index < -0.39 is 15.9 Å². The van der Waals surface area contributed by atoms with Gasteiger partial charge in [0.15, 0.2) is 0 Å². The van der Waals surface area contributed by atoms with E-state index in [4.69, 9.17) is 11.5 Å². The zero-order valence-electron chi connectivity index (χ0n) is 11.8. The van der Waals surface area contributed by atoms with Crippen LogP contribution in [0.15, 0.2) is 17.2 Å². The normalized spacial score (nSPS) is 22.6. The number of nitrogens with zero attached hydrogens (tertiary/aromatic N) is 1. The first-order valence-electron chi connectivity index (χ1n) is 6.53. The molecule has 21 heavy (non-hydrogen) atoms. The van der Waals surface area contributed by atoms with Crippen LogP contribution in [0.25, 0.3) is 0 Å². The maximum absolute atomic E-state index is 12.3. The first-order valence-corrected chi connectivity index (χ1v) is 8.02. The number of hydrogen-bond acceptors (Lipinski definition) is 4. The Morgan fingerprint density at radius 3 is 2.38 bits per heavy atom. The van der Waals surface area contributed by atoms with Crippen molar-refractivity contribution in [3.05, 3.63) is 18.0 Å². The van der Waals surface area contributed by atoms with E-state index in [1.165, 1.54) is 16.8 Å². The number of carbonyl (C=O) groups is 1. The van der Waals surface area contributed by atoms with Crippen molar-refractivity contribution in [2.45, 2.75) is 42.7 Å². The molecule has 0 aliphatic heterocycles. The molecule has 0 saturated heterocycles. The standard InChI is InChI=1S/C12H20N4O3S.ClH/c1-16-7-10(6-11(16)12(14)17)20(18,19)15-9-4-2-8(13)3-5-9;/h6-9,15H,2-5,13H2,1H3,(H2,14,17);1H. The van der Waals surface area contributed by atoms with E-state index in [9.17, 15) is 13.2 Å². The Morgan fingerprint density at radius 2 is 1.90 bits per heavy atom. The summed E-state index contributed by atoms with van der Waals surface area (Å²) in [5.74, 6) is -0.655. The molecule has 5 N–H and O–H groups in total. The summed E-state index contributed by atoms with van der Waals surface area (Å²) < 4.78 is 28.6. The van der Waals surface area contributed by atoms with Crippen LogP contribution in [0.3, 0.4) is 0 Å². The summed E-state index contributed by atoms with van der Waals surface area (Å²) >= 11 is 0. The molecule has 1 aromatic heterocycles. The van der Waals surface area contributed by atoms with Gasteiger partial charge in [0.05, 0.1) is 0 Å². The molecular formula is C12H21ClN4O3S. The molecule has 7 nitrogen and oxygen atoms in total. The maximum atomic E-state index is 12.3. The topological polar surface area (TPSA) is 120 Å². The van der Waals surface area contributed by atoms with E-state index >= 15 is 0 Å². The molecule has 120 valence electrons. The van der Waals surface area contributed by atoms with Gasteiger partial charge in [-0.15, -0.1) is 12.4 Å². The van der Waals surface area contributed by atoms with E-state index in [2.05, 4.69) is 4.72 Å². The number of carbonyl (C=O) groups excluding carboxylic acids is 1. The van der Waals surface area contributed by atoms with E-state index in [1.54, 1.807) is 7.05 Å². The number of amides is 1. The quantitative estimate of drug-likeness (QED) is 0.721. The zero-order valence-corrected chi connectivity index (χ0v) is 13.4. The summed E-state index contributed by atoms with van der Waals surface area (Å²) in [4.78, 5) is 11.2. The summed E-state index contributed by atoms with van der Waals surface area (Å²) in [6, 6.07) is 1.35. The highest BCUT2D eigenvalue weighted by Gasteiger charge is 2.26. The minimum absolute atomic E-state index is 0. The summed E-state index contributed by atoms with van der Waals surface area (Å²) in [5, 5.41) is 0. The number of nitrogens with one attached hydrogen (secondary N) is 1. The van der Waals surface area contributed by atoms with Crippen molar-refractivity contribution in [3.63, 3.8) is 0 Å². The molecule has 1 heterocycles. The fraction of sp³-hybridized carbons (Fsp3) is 0.583. The Bertz CT molecular complexity index is 606. The van der Waals surface area contributed by atoms with E-state index in [0.29, 0.717) is 0 Å². The minimum atomic E-state index is -3.63. The van der Waals surface area contributed by atoms with Crippen molar-refractivity contribution < 1.29 is 13.2 Å². The molecule has 1 saturated carbocycles. The summed E-state index contributed by atoms with van der Waals surface area (Å²) in [7, 11) is -2.05. The SMILES string of the molecule is Cl.Cn1cc(S(=O)(=O)NC2CCC(N)CC2)cc1C(N)=O. The highest BCUT2D eigenvalue weighted by molar-refractivity contribution is 7.89. The fourth-order valence-corrected chi connectivity index (χ4v) is 3.82. The third-order valence-corrected chi connectivity index (χ3v) is 5.12. The summed E-state index contributed by atoms with van der Waals surface area (Å²) in [5.41, 5.74) is 11.1. The van der Waals surface area contributed by atoms with Gasteiger partial charge in [-0.05, 0) is 31.7 Å². The van der Waals surface area contributed by atoms with Gasteiger partial charge in [-0.3, -0.25) is 4.79 Å². The average Bonchev–Trinajstić information content (AvgIpc) is 2.75. The first-order chi connectivity index (χ1) is 9.29. The van der Waals surface area contributed by atoms with Crippen molar-refractivity contribution in [2.24, 2.45) is 18.5 Å². The second-order valence-corrected chi connectivity index (χ2v) is 6.98. The number of sulfonamides is 1. The number of hydrogen-bond donors (Lipinski definition) is 3. The van der Waals surface area contributed by atoms with Gasteiger partial charge in [0.25, 0.3) is 5.91 Å². The predicted molar refractivity (Wildman–Crippen MR) is 81.7 cm³/mol. The lowest BCUT2D eigenvalue weighted by molar-refractivity contribution is 0.0992. The highest BCUT2D eigenvalue weighted by atomic mass is 35.5. The van der Waals surface area contributed by atoms with Gasteiger partial charge in [0, 0.05) is 25.3 Å². The Balaban J connectivity index is 0.00000220. The molecule has 2 rings (SSSR count). The monoisotopic (exact) mass is 336 g/mol. The van der Waals surface area contributed by atoms with Crippen LogP contribution in [0, 0.1) is 0 Å². The molecule has 0 atom stereocenters. The lowest BCUT2D eigenvalue weighted by Gasteiger charge is -2.26. The molecule has 0 aromatic carbocycles. The molecule has 1 aliphatic rings. The number of aromatic nitrogens is 1. The molecule has 0 unspecified atom stereocenters. The minimum Gasteiger partial charge on any atom is -0.364 e. The Kier molecular flexibility index (Phi) is 5.80. The molecule has 1 aromatic rings. The molecule has 1 fully saturated rings. The largest absolute Gasteiger partial charge is 0.364 e. The summed E-state index contributed by atoms with van der Waals surface area (Å²) in [6.45, 7) is 0. The molecule has 1 amide bonds. The predicted octanol–water partition coefficient (Wildman–Crippen LogP) is 0.0940. The lowest BCUT2D eigenvalue weighted by Crippen LogP contribution is -2.40. The Labute approximate surface area is 130 Å². The maximum Gasteiger partial charge on any atom is 0.265 e. The molecule has 0 bridgehead atoms. The van der Waals surface area contributed by atoms with Crippen LogP contribution in [0.5, 0.6) is 0 Å². The van der Waals surface area contributed by atoms with Crippen molar-refractivity contribution in [2.75, 3.05) is 0 Å². The Morgan fingerprint density at radius 1 is 1.33 bits per heavy atom. The molecule has 0 radical (unpaired) electrons. The van der Waals surface area contributed by atoms with Crippen molar-refractivity contribution >= 4 is 28.3 Å². The van der Waals surface area contributed by atoms with Gasteiger partial charge in [-0.1, -0.05) is 0 Å². The fourth-order valence-electron chi connectivity index (χ4n) is 2.45. The number of primary amides is 1. The van der Waals surface area contributed by atoms with Crippen molar-refractivity contribution in [3.8, 4) is 0 Å². The van der Waals surface area contributed by atoms with Crippen LogP contribution in [-0.2, 0) is 17.1 Å². The molecule has 0 spiro atoms. The first kappa shape index (κ1) is 18.0. The van der Waals surface area contributed by atoms with E-state index in [1.807, 2.05) is 0 Å². The number of halogens is 1. The van der Waals surface area contributed by atoms with Crippen molar-refractivity contribution in [1.82, 2.24) is 9.29 Å². The molecule has 1 aliphatic carbocycles. The van der Waals surface area contributed by atoms with Gasteiger partial charge >= 0.3 is 0 Å². The second kappa shape index (κ2) is 6.78. The van der Waals surface area contributed by atoms with E-state index in [-0.39, 0.29) is 35.1 Å². The van der Waals surface area contributed by atoms with Crippen LogP contribution in [0.2, 0.25) is 0 Å². The van der Waals surface area contributed by atoms with E-state index in [0.717, 1.165) is 25.7 Å². The molecule has 9 heteroatoms. The summed E-state index contributed by atoms with van der Waals surface area (Å²) in [6.07, 6.45) is 4.48. The van der Waals surface area contributed by atoms with Crippen LogP contribution in [0.1, 0.15) is 36.2 Å². The van der Waals surface area contributed by atoms with Crippen LogP contribution < -0.4 is 16.2 Å². The smallest absolute Gasteiger partial charge is 0.265 e. The number of rotatable bonds is 4. The van der Waals surface area contributed by atoms with Crippen LogP contribution in [0.4, 0.5) is 0 Å². The van der Waals surface area contributed by atoms with Crippen molar-refractivity contribution in [1.29, 1.82) is 0 Å². The van der Waals surface area contributed by atoms with Crippen LogP contribution in [-0.4, -0.2) is 31.0 Å².